The van der Waals surface area contributed by atoms with Gasteiger partial charge in [0.05, 0.1) is 0 Å². The second kappa shape index (κ2) is 4.49. The molecule has 0 spiro atoms. The molecule has 1 aromatic rings. The van der Waals surface area contributed by atoms with E-state index in [2.05, 4.69) is 39.6 Å². The fraction of sp³-hybridized carbons (Fsp3) is 0.462. The number of anilines is 2. The summed E-state index contributed by atoms with van der Waals surface area (Å²) in [6.45, 7) is 4.95. The molecular weight excluding hydrogens is 228 g/mol. The first-order chi connectivity index (χ1) is 8.72. The number of nitrogens with zero attached hydrogens (tertiary/aromatic N) is 2. The van der Waals surface area contributed by atoms with Crippen LogP contribution in [0.5, 0.6) is 0 Å². The van der Waals surface area contributed by atoms with Crippen molar-refractivity contribution in [3.63, 3.8) is 0 Å². The molecule has 2 aliphatic rings. The monoisotopic (exact) mass is 246 g/mol. The van der Waals surface area contributed by atoms with Crippen LogP contribution < -0.4 is 15.5 Å². The molecule has 3 rings (SSSR count). The third kappa shape index (κ3) is 2.13. The van der Waals surface area contributed by atoms with E-state index in [1.165, 1.54) is 5.69 Å². The highest BCUT2D eigenvalue weighted by atomic mass is 16.2. The van der Waals surface area contributed by atoms with Gasteiger partial charge in [0.15, 0.2) is 0 Å². The topological polar surface area (TPSA) is 47.6 Å². The molecule has 0 saturated carbocycles. The Balaban J connectivity index is 1.80. The average Bonchev–Trinajstić information content (AvgIpc) is 2.39. The third-order valence-electron chi connectivity index (χ3n) is 3.64. The van der Waals surface area contributed by atoms with Crippen LogP contribution >= 0.6 is 0 Å². The van der Waals surface area contributed by atoms with E-state index in [1.54, 1.807) is 0 Å². The third-order valence-corrected chi connectivity index (χ3v) is 3.64. The Morgan fingerprint density at radius 1 is 1.17 bits per heavy atom. The fourth-order valence-electron chi connectivity index (χ4n) is 2.45. The maximum atomic E-state index is 11.2. The predicted octanol–water partition coefficient (Wildman–Crippen LogP) is 1.07. The second-order valence-electron chi connectivity index (χ2n) is 4.94. The first kappa shape index (κ1) is 11.3. The van der Waals surface area contributed by atoms with Gasteiger partial charge in [0.2, 0.25) is 0 Å². The highest BCUT2D eigenvalue weighted by Gasteiger charge is 2.18. The molecular formula is C13H18N4O. The number of fused-ring (bicyclic) bond motifs is 1. The molecule has 1 aromatic carbocycles. The van der Waals surface area contributed by atoms with E-state index in [0.29, 0.717) is 6.54 Å². The highest BCUT2D eigenvalue weighted by Crippen LogP contribution is 2.25. The van der Waals surface area contributed by atoms with Crippen molar-refractivity contribution in [2.75, 3.05) is 43.4 Å². The van der Waals surface area contributed by atoms with Crippen LogP contribution in [0.4, 0.5) is 16.2 Å². The van der Waals surface area contributed by atoms with Gasteiger partial charge in [-0.1, -0.05) is 0 Å². The first-order valence-electron chi connectivity index (χ1n) is 6.33. The number of carbonyl (C=O) groups is 1. The maximum absolute atomic E-state index is 11.2. The van der Waals surface area contributed by atoms with Crippen molar-refractivity contribution in [1.29, 1.82) is 0 Å². The number of urea groups is 1. The number of amides is 2. The van der Waals surface area contributed by atoms with Crippen molar-refractivity contribution in [3.8, 4) is 0 Å². The number of carbonyl (C=O) groups excluding carboxylic acids is 1. The molecule has 0 bridgehead atoms. The zero-order valence-corrected chi connectivity index (χ0v) is 10.6. The van der Waals surface area contributed by atoms with Gasteiger partial charge < -0.3 is 20.4 Å². The van der Waals surface area contributed by atoms with E-state index >= 15 is 0 Å². The lowest BCUT2D eigenvalue weighted by molar-refractivity contribution is 0.251. The van der Waals surface area contributed by atoms with Crippen molar-refractivity contribution < 1.29 is 4.79 Å². The second-order valence-corrected chi connectivity index (χ2v) is 4.94. The maximum Gasteiger partial charge on any atom is 0.319 e. The summed E-state index contributed by atoms with van der Waals surface area (Å²) in [6.07, 6.45) is 0. The molecule has 5 heteroatoms. The molecule has 1 saturated heterocycles. The SMILES string of the molecule is CN1CCN(c2ccc3c(c2)CNC(=O)N3)CC1. The normalized spacial score (nSPS) is 20.1. The number of hydrogen-bond donors (Lipinski definition) is 2. The molecule has 0 unspecified atom stereocenters. The molecule has 96 valence electrons. The number of rotatable bonds is 1. The van der Waals surface area contributed by atoms with E-state index in [-0.39, 0.29) is 6.03 Å². The number of piperazine rings is 1. The lowest BCUT2D eigenvalue weighted by atomic mass is 10.1. The average molecular weight is 246 g/mol. The zero-order chi connectivity index (χ0) is 12.5. The van der Waals surface area contributed by atoms with E-state index < -0.39 is 0 Å². The van der Waals surface area contributed by atoms with E-state index in [4.69, 9.17) is 0 Å². The molecule has 2 aliphatic heterocycles. The Hall–Kier alpha value is -1.75. The lowest BCUT2D eigenvalue weighted by Crippen LogP contribution is -2.44. The van der Waals surface area contributed by atoms with Crippen molar-refractivity contribution in [1.82, 2.24) is 10.2 Å². The summed E-state index contributed by atoms with van der Waals surface area (Å²) in [7, 11) is 2.16. The summed E-state index contributed by atoms with van der Waals surface area (Å²) in [5.41, 5.74) is 3.34. The van der Waals surface area contributed by atoms with Crippen LogP contribution in [0.15, 0.2) is 18.2 Å². The van der Waals surface area contributed by atoms with Crippen molar-refractivity contribution in [3.05, 3.63) is 23.8 Å². The summed E-state index contributed by atoms with van der Waals surface area (Å²) >= 11 is 0. The predicted molar refractivity (Wildman–Crippen MR) is 72.0 cm³/mol. The minimum Gasteiger partial charge on any atom is -0.369 e. The molecule has 0 radical (unpaired) electrons. The smallest absolute Gasteiger partial charge is 0.319 e. The summed E-state index contributed by atoms with van der Waals surface area (Å²) in [5, 5.41) is 5.62. The van der Waals surface area contributed by atoms with Gasteiger partial charge in [-0.3, -0.25) is 0 Å². The van der Waals surface area contributed by atoms with E-state index in [1.807, 2.05) is 6.07 Å². The molecule has 0 aliphatic carbocycles. The fourth-order valence-corrected chi connectivity index (χ4v) is 2.45. The van der Waals surface area contributed by atoms with Crippen LogP contribution in [0.25, 0.3) is 0 Å². The van der Waals surface area contributed by atoms with Gasteiger partial charge in [-0.2, -0.15) is 0 Å². The molecule has 2 N–H and O–H groups in total. The van der Waals surface area contributed by atoms with Crippen LogP contribution in [-0.4, -0.2) is 44.2 Å². The molecule has 0 atom stereocenters. The van der Waals surface area contributed by atoms with E-state index in [0.717, 1.165) is 37.4 Å². The van der Waals surface area contributed by atoms with Crippen LogP contribution in [0.2, 0.25) is 0 Å². The quantitative estimate of drug-likeness (QED) is 0.779. The van der Waals surface area contributed by atoms with Crippen LogP contribution in [-0.2, 0) is 6.54 Å². The van der Waals surface area contributed by atoms with Gasteiger partial charge in [-0.25, -0.2) is 4.79 Å². The van der Waals surface area contributed by atoms with Gasteiger partial charge in [-0.05, 0) is 30.8 Å². The Kier molecular flexibility index (Phi) is 2.83. The Bertz CT molecular complexity index is 466. The molecule has 5 nitrogen and oxygen atoms in total. The lowest BCUT2D eigenvalue weighted by Gasteiger charge is -2.34. The minimum absolute atomic E-state index is 0.116. The first-order valence-corrected chi connectivity index (χ1v) is 6.33. The van der Waals surface area contributed by atoms with Crippen LogP contribution in [0.1, 0.15) is 5.56 Å². The van der Waals surface area contributed by atoms with Gasteiger partial charge in [-0.15, -0.1) is 0 Å². The molecule has 18 heavy (non-hydrogen) atoms. The van der Waals surface area contributed by atoms with Crippen molar-refractivity contribution in [2.45, 2.75) is 6.54 Å². The summed E-state index contributed by atoms with van der Waals surface area (Å²) < 4.78 is 0. The highest BCUT2D eigenvalue weighted by molar-refractivity contribution is 5.92. The van der Waals surface area contributed by atoms with Gasteiger partial charge in [0.25, 0.3) is 0 Å². The zero-order valence-electron chi connectivity index (χ0n) is 10.6. The van der Waals surface area contributed by atoms with Crippen LogP contribution in [0, 0.1) is 0 Å². The van der Waals surface area contributed by atoms with Gasteiger partial charge >= 0.3 is 6.03 Å². The van der Waals surface area contributed by atoms with Gasteiger partial charge in [0, 0.05) is 44.1 Å². The number of hydrogen-bond acceptors (Lipinski definition) is 3. The van der Waals surface area contributed by atoms with Crippen LogP contribution in [0.3, 0.4) is 0 Å². The Morgan fingerprint density at radius 3 is 2.72 bits per heavy atom. The minimum atomic E-state index is -0.116. The van der Waals surface area contributed by atoms with Gasteiger partial charge in [0.1, 0.15) is 0 Å². The van der Waals surface area contributed by atoms with Crippen molar-refractivity contribution >= 4 is 17.4 Å². The largest absolute Gasteiger partial charge is 0.369 e. The molecule has 0 aromatic heterocycles. The number of nitrogens with one attached hydrogen (secondary N) is 2. The summed E-state index contributed by atoms with van der Waals surface area (Å²) in [6, 6.07) is 6.15. The summed E-state index contributed by atoms with van der Waals surface area (Å²) in [4.78, 5) is 16.0. The molecule has 2 heterocycles. The van der Waals surface area contributed by atoms with Crippen molar-refractivity contribution in [2.24, 2.45) is 0 Å². The number of likely N-dealkylation sites (N-methyl/N-ethyl adjacent to an activating group) is 1. The Labute approximate surface area is 107 Å². The summed E-state index contributed by atoms with van der Waals surface area (Å²) in [5.74, 6) is 0. The van der Waals surface area contributed by atoms with E-state index in [9.17, 15) is 4.79 Å². The Morgan fingerprint density at radius 2 is 1.94 bits per heavy atom. The molecule has 2 amide bonds. The molecule has 1 fully saturated rings. The standard InChI is InChI=1S/C13H18N4O/c1-16-4-6-17(7-5-16)11-2-3-12-10(8-11)9-14-13(18)15-12/h2-3,8H,4-7,9H2,1H3,(H2,14,15,18). The number of benzene rings is 1.